The summed E-state index contributed by atoms with van der Waals surface area (Å²) < 4.78 is 5.45. The van der Waals surface area contributed by atoms with E-state index in [9.17, 15) is 14.4 Å². The average molecular weight is 474 g/mol. The Morgan fingerprint density at radius 1 is 1.06 bits per heavy atom. The molecule has 1 fully saturated rings. The number of carbonyl (C=O) groups excluding carboxylic acids is 3. The van der Waals surface area contributed by atoms with E-state index in [-0.39, 0.29) is 29.8 Å². The first-order chi connectivity index (χ1) is 15.8. The summed E-state index contributed by atoms with van der Waals surface area (Å²) in [6, 6.07) is 6.07. The number of alkyl carbamates (subject to hydrolysis) is 1. The SMILES string of the molecule is CCC(C)C(NC(=O)OC(C)(C)C)C(=O)N(C1CCC1)C(C(=O)NC(C)C)c1ccc(C)cc1. The summed E-state index contributed by atoms with van der Waals surface area (Å²) in [5, 5.41) is 5.82. The fraction of sp³-hybridized carbons (Fsp3) is 0.667. The van der Waals surface area contributed by atoms with Crippen molar-refractivity contribution in [2.24, 2.45) is 5.92 Å². The van der Waals surface area contributed by atoms with Crippen molar-refractivity contribution in [2.75, 3.05) is 0 Å². The first-order valence-electron chi connectivity index (χ1n) is 12.5. The third-order valence-electron chi connectivity index (χ3n) is 6.22. The molecule has 1 saturated carbocycles. The van der Waals surface area contributed by atoms with Gasteiger partial charge in [-0.1, -0.05) is 50.1 Å². The van der Waals surface area contributed by atoms with Crippen LogP contribution in [0, 0.1) is 12.8 Å². The van der Waals surface area contributed by atoms with Crippen molar-refractivity contribution in [2.45, 2.75) is 111 Å². The van der Waals surface area contributed by atoms with Gasteiger partial charge < -0.3 is 20.3 Å². The molecule has 0 saturated heterocycles. The number of nitrogens with one attached hydrogen (secondary N) is 2. The number of hydrogen-bond acceptors (Lipinski definition) is 4. The van der Waals surface area contributed by atoms with E-state index >= 15 is 0 Å². The van der Waals surface area contributed by atoms with Crippen LogP contribution < -0.4 is 10.6 Å². The number of nitrogens with zero attached hydrogens (tertiary/aromatic N) is 1. The topological polar surface area (TPSA) is 87.7 Å². The molecular formula is C27H43N3O4. The van der Waals surface area contributed by atoms with Crippen LogP contribution in [0.4, 0.5) is 4.79 Å². The van der Waals surface area contributed by atoms with Gasteiger partial charge in [0, 0.05) is 12.1 Å². The third-order valence-corrected chi connectivity index (χ3v) is 6.22. The van der Waals surface area contributed by atoms with Gasteiger partial charge in [-0.15, -0.1) is 0 Å². The van der Waals surface area contributed by atoms with E-state index in [0.717, 1.165) is 30.4 Å². The second-order valence-corrected chi connectivity index (χ2v) is 10.8. The first-order valence-corrected chi connectivity index (χ1v) is 12.5. The lowest BCUT2D eigenvalue weighted by Crippen LogP contribution is -2.59. The summed E-state index contributed by atoms with van der Waals surface area (Å²) in [5.41, 5.74) is 1.17. The number of rotatable bonds is 9. The Balaban J connectivity index is 2.48. The van der Waals surface area contributed by atoms with Gasteiger partial charge in [-0.3, -0.25) is 9.59 Å². The smallest absolute Gasteiger partial charge is 0.408 e. The van der Waals surface area contributed by atoms with E-state index in [4.69, 9.17) is 4.74 Å². The molecule has 190 valence electrons. The van der Waals surface area contributed by atoms with E-state index in [1.54, 1.807) is 25.7 Å². The molecule has 0 heterocycles. The van der Waals surface area contributed by atoms with Crippen LogP contribution in [0.5, 0.6) is 0 Å². The second-order valence-electron chi connectivity index (χ2n) is 10.8. The maximum Gasteiger partial charge on any atom is 0.408 e. The minimum Gasteiger partial charge on any atom is -0.444 e. The van der Waals surface area contributed by atoms with Gasteiger partial charge in [0.15, 0.2) is 0 Å². The van der Waals surface area contributed by atoms with Gasteiger partial charge in [-0.25, -0.2) is 4.79 Å². The fourth-order valence-electron chi connectivity index (χ4n) is 4.01. The molecule has 3 amide bonds. The van der Waals surface area contributed by atoms with Crippen LogP contribution in [0.2, 0.25) is 0 Å². The second kappa shape index (κ2) is 11.7. The molecule has 3 atom stereocenters. The highest BCUT2D eigenvalue weighted by Gasteiger charge is 2.43. The van der Waals surface area contributed by atoms with Gasteiger partial charge in [0.25, 0.3) is 0 Å². The summed E-state index contributed by atoms with van der Waals surface area (Å²) in [4.78, 5) is 42.0. The van der Waals surface area contributed by atoms with Gasteiger partial charge in [0.2, 0.25) is 11.8 Å². The number of benzene rings is 1. The standard InChI is InChI=1S/C27H43N3O4/c1-9-19(5)22(29-26(33)34-27(6,7)8)25(32)30(21-11-10-12-21)23(24(31)28-17(2)3)20-15-13-18(4)14-16-20/h13-17,19,21-23H,9-12H2,1-8H3,(H,28,31)(H,29,33). The number of ether oxygens (including phenoxy) is 1. The average Bonchev–Trinajstić information content (AvgIpc) is 2.68. The van der Waals surface area contributed by atoms with Gasteiger partial charge in [0.1, 0.15) is 17.7 Å². The van der Waals surface area contributed by atoms with Crippen molar-refractivity contribution in [3.8, 4) is 0 Å². The summed E-state index contributed by atoms with van der Waals surface area (Å²) in [7, 11) is 0. The highest BCUT2D eigenvalue weighted by atomic mass is 16.6. The Kier molecular flexibility index (Phi) is 9.54. The Morgan fingerprint density at radius 2 is 1.65 bits per heavy atom. The molecule has 1 aromatic rings. The van der Waals surface area contributed by atoms with Crippen molar-refractivity contribution in [1.82, 2.24) is 15.5 Å². The molecule has 0 aliphatic heterocycles. The predicted octanol–water partition coefficient (Wildman–Crippen LogP) is 4.88. The Morgan fingerprint density at radius 3 is 2.09 bits per heavy atom. The first kappa shape index (κ1) is 27.7. The maximum absolute atomic E-state index is 14.1. The van der Waals surface area contributed by atoms with Crippen LogP contribution in [0.3, 0.4) is 0 Å². The quantitative estimate of drug-likeness (QED) is 0.535. The van der Waals surface area contributed by atoms with Gasteiger partial charge in [-0.2, -0.15) is 0 Å². The molecule has 1 aliphatic carbocycles. The molecule has 2 rings (SSSR count). The maximum atomic E-state index is 14.1. The van der Waals surface area contributed by atoms with Crippen LogP contribution in [0.25, 0.3) is 0 Å². The Hall–Kier alpha value is -2.57. The molecule has 0 bridgehead atoms. The van der Waals surface area contributed by atoms with Crippen molar-refractivity contribution in [3.63, 3.8) is 0 Å². The molecular weight excluding hydrogens is 430 g/mol. The van der Waals surface area contributed by atoms with Crippen molar-refractivity contribution in [1.29, 1.82) is 0 Å². The molecule has 3 unspecified atom stereocenters. The predicted molar refractivity (Wildman–Crippen MR) is 134 cm³/mol. The van der Waals surface area contributed by atoms with Gasteiger partial charge >= 0.3 is 6.09 Å². The zero-order chi connectivity index (χ0) is 25.6. The highest BCUT2D eigenvalue weighted by Crippen LogP contribution is 2.34. The lowest BCUT2D eigenvalue weighted by molar-refractivity contribution is -0.148. The minimum atomic E-state index is -0.791. The molecule has 0 aromatic heterocycles. The van der Waals surface area contributed by atoms with Crippen molar-refractivity contribution in [3.05, 3.63) is 35.4 Å². The zero-order valence-corrected chi connectivity index (χ0v) is 22.1. The molecule has 1 aliphatic rings. The van der Waals surface area contributed by atoms with E-state index < -0.39 is 23.8 Å². The lowest BCUT2D eigenvalue weighted by atomic mass is 9.86. The summed E-state index contributed by atoms with van der Waals surface area (Å²) >= 11 is 0. The van der Waals surface area contributed by atoms with E-state index in [2.05, 4.69) is 10.6 Å². The molecule has 2 N–H and O–H groups in total. The molecule has 7 heteroatoms. The van der Waals surface area contributed by atoms with Crippen LogP contribution in [0.1, 0.15) is 91.3 Å². The summed E-state index contributed by atoms with van der Waals surface area (Å²) in [5.74, 6) is -0.580. The largest absolute Gasteiger partial charge is 0.444 e. The molecule has 0 spiro atoms. The van der Waals surface area contributed by atoms with Gasteiger partial charge in [-0.05, 0) is 72.3 Å². The summed E-state index contributed by atoms with van der Waals surface area (Å²) in [6.07, 6.45) is 2.75. The number of amides is 3. The number of hydrogen-bond donors (Lipinski definition) is 2. The number of carbonyl (C=O) groups is 3. The van der Waals surface area contributed by atoms with Crippen LogP contribution in [0.15, 0.2) is 24.3 Å². The molecule has 1 aromatic carbocycles. The minimum absolute atomic E-state index is 0.0521. The molecule has 0 radical (unpaired) electrons. The highest BCUT2D eigenvalue weighted by molar-refractivity contribution is 5.92. The molecule has 34 heavy (non-hydrogen) atoms. The van der Waals surface area contributed by atoms with Crippen molar-refractivity contribution >= 4 is 17.9 Å². The van der Waals surface area contributed by atoms with Crippen LogP contribution in [-0.2, 0) is 14.3 Å². The molecule has 7 nitrogen and oxygen atoms in total. The van der Waals surface area contributed by atoms with Crippen LogP contribution >= 0.6 is 0 Å². The monoisotopic (exact) mass is 473 g/mol. The van der Waals surface area contributed by atoms with E-state index in [1.165, 1.54) is 0 Å². The van der Waals surface area contributed by atoms with Crippen LogP contribution in [-0.4, -0.2) is 46.5 Å². The van der Waals surface area contributed by atoms with Crippen molar-refractivity contribution < 1.29 is 19.1 Å². The lowest BCUT2D eigenvalue weighted by Gasteiger charge is -2.44. The summed E-state index contributed by atoms with van der Waals surface area (Å²) in [6.45, 7) is 15.1. The normalized spacial score (nSPS) is 16.7. The number of aryl methyl sites for hydroxylation is 1. The fourth-order valence-corrected chi connectivity index (χ4v) is 4.01. The third kappa shape index (κ3) is 7.47. The van der Waals surface area contributed by atoms with E-state index in [0.29, 0.717) is 6.42 Å². The Bertz CT molecular complexity index is 840. The zero-order valence-electron chi connectivity index (χ0n) is 22.1. The Labute approximate surface area is 205 Å². The van der Waals surface area contributed by atoms with E-state index in [1.807, 2.05) is 58.9 Å². The van der Waals surface area contributed by atoms with Gasteiger partial charge in [0.05, 0.1) is 0 Å².